The van der Waals surface area contributed by atoms with Crippen molar-refractivity contribution in [1.82, 2.24) is 5.32 Å². The van der Waals surface area contributed by atoms with Gasteiger partial charge in [0, 0.05) is 23.1 Å². The highest BCUT2D eigenvalue weighted by Crippen LogP contribution is 2.35. The molecule has 8 heteroatoms. The molecule has 0 saturated carbocycles. The average molecular weight is 332 g/mol. The van der Waals surface area contributed by atoms with Crippen LogP contribution < -0.4 is 5.32 Å². The van der Waals surface area contributed by atoms with Gasteiger partial charge in [-0.05, 0) is 18.2 Å². The molecule has 0 radical (unpaired) electrons. The molecule has 2 rings (SSSR count). The molecule has 0 aliphatic heterocycles. The lowest BCUT2D eigenvalue weighted by atomic mass is 10.2. The van der Waals surface area contributed by atoms with Gasteiger partial charge in [-0.25, -0.2) is 9.18 Å². The van der Waals surface area contributed by atoms with E-state index in [1.54, 1.807) is 0 Å². The normalized spacial score (nSPS) is 12.3. The summed E-state index contributed by atoms with van der Waals surface area (Å²) in [5, 5.41) is 20.7. The molecule has 1 atom stereocenters. The van der Waals surface area contributed by atoms with Gasteiger partial charge in [0.25, 0.3) is 5.91 Å². The molecule has 0 bridgehead atoms. The van der Waals surface area contributed by atoms with Crippen LogP contribution in [0.25, 0.3) is 10.1 Å². The van der Waals surface area contributed by atoms with Crippen LogP contribution in [0.3, 0.4) is 0 Å². The Bertz CT molecular complexity index is 703. The van der Waals surface area contributed by atoms with Crippen LogP contribution in [0.5, 0.6) is 0 Å². The maximum atomic E-state index is 13.2. The molecule has 0 unspecified atom stereocenters. The zero-order chi connectivity index (χ0) is 15.6. The summed E-state index contributed by atoms with van der Waals surface area (Å²) in [7, 11) is 0. The Morgan fingerprint density at radius 2 is 2.14 bits per heavy atom. The summed E-state index contributed by atoms with van der Waals surface area (Å²) in [4.78, 5) is 23.2. The van der Waals surface area contributed by atoms with E-state index < -0.39 is 23.7 Å². The number of carboxylic acid groups (broad SMARTS) is 1. The van der Waals surface area contributed by atoms with Crippen LogP contribution in [0, 0.1) is 5.82 Å². The minimum absolute atomic E-state index is 0.112. The molecule has 112 valence electrons. The topological polar surface area (TPSA) is 86.6 Å². The fraction of sp³-hybridized carbons (Fsp3) is 0.231. The van der Waals surface area contributed by atoms with Gasteiger partial charge in [-0.1, -0.05) is 11.6 Å². The number of halogens is 2. The van der Waals surface area contributed by atoms with E-state index in [0.29, 0.717) is 10.1 Å². The Morgan fingerprint density at radius 3 is 2.76 bits per heavy atom. The number of amides is 1. The van der Waals surface area contributed by atoms with Crippen LogP contribution in [-0.2, 0) is 4.79 Å². The smallest absolute Gasteiger partial charge is 0.326 e. The first-order valence-electron chi connectivity index (χ1n) is 5.96. The number of rotatable bonds is 5. The Kier molecular flexibility index (Phi) is 4.76. The van der Waals surface area contributed by atoms with Crippen molar-refractivity contribution in [1.29, 1.82) is 0 Å². The first kappa shape index (κ1) is 15.7. The van der Waals surface area contributed by atoms with Crippen molar-refractivity contribution in [3.63, 3.8) is 0 Å². The number of hydrogen-bond donors (Lipinski definition) is 3. The second kappa shape index (κ2) is 6.38. The molecule has 0 fully saturated rings. The summed E-state index contributed by atoms with van der Waals surface area (Å²) in [5.74, 6) is -2.36. The van der Waals surface area contributed by atoms with E-state index in [4.69, 9.17) is 21.8 Å². The molecule has 0 aliphatic carbocycles. The van der Waals surface area contributed by atoms with Crippen LogP contribution in [-0.4, -0.2) is 34.7 Å². The van der Waals surface area contributed by atoms with E-state index >= 15 is 0 Å². The van der Waals surface area contributed by atoms with Crippen molar-refractivity contribution in [2.75, 3.05) is 6.61 Å². The molecule has 1 aromatic heterocycles. The fourth-order valence-electron chi connectivity index (χ4n) is 1.80. The Balaban J connectivity index is 2.30. The van der Waals surface area contributed by atoms with Crippen molar-refractivity contribution in [2.45, 2.75) is 12.5 Å². The van der Waals surface area contributed by atoms with E-state index in [0.717, 1.165) is 11.3 Å². The van der Waals surface area contributed by atoms with Gasteiger partial charge in [0.2, 0.25) is 0 Å². The summed E-state index contributed by atoms with van der Waals surface area (Å²) in [6.07, 6.45) is -0.113. The zero-order valence-corrected chi connectivity index (χ0v) is 12.2. The fourth-order valence-corrected chi connectivity index (χ4v) is 3.24. The number of carbonyl (C=O) groups is 2. The van der Waals surface area contributed by atoms with Crippen molar-refractivity contribution in [2.24, 2.45) is 0 Å². The minimum Gasteiger partial charge on any atom is -0.480 e. The number of aliphatic hydroxyl groups excluding tert-OH is 1. The Labute approximate surface area is 128 Å². The van der Waals surface area contributed by atoms with Crippen LogP contribution >= 0.6 is 22.9 Å². The number of fused-ring (bicyclic) bond motifs is 1. The quantitative estimate of drug-likeness (QED) is 0.784. The van der Waals surface area contributed by atoms with Gasteiger partial charge in [0.1, 0.15) is 16.7 Å². The third-order valence-corrected chi connectivity index (χ3v) is 4.47. The Hall–Kier alpha value is -1.70. The van der Waals surface area contributed by atoms with Crippen LogP contribution in [0.4, 0.5) is 4.39 Å². The molecule has 0 saturated heterocycles. The monoisotopic (exact) mass is 331 g/mol. The molecular weight excluding hydrogens is 321 g/mol. The number of benzene rings is 1. The lowest BCUT2D eigenvalue weighted by Gasteiger charge is -2.12. The summed E-state index contributed by atoms with van der Waals surface area (Å²) in [5.41, 5.74) is 0. The van der Waals surface area contributed by atoms with Gasteiger partial charge < -0.3 is 15.5 Å². The third kappa shape index (κ3) is 3.31. The van der Waals surface area contributed by atoms with Gasteiger partial charge in [-0.2, -0.15) is 0 Å². The number of aliphatic carboxylic acids is 1. The molecule has 21 heavy (non-hydrogen) atoms. The van der Waals surface area contributed by atoms with Gasteiger partial charge in [0.05, 0.1) is 5.02 Å². The standard InChI is InChI=1S/C13H11ClFNO4S/c14-10-7-2-1-6(15)5-9(7)21-11(10)12(18)16-8(3-4-17)13(19)20/h1-2,5,8,17H,3-4H2,(H,16,18)(H,19,20)/t8-/m0/s1. The summed E-state index contributed by atoms with van der Waals surface area (Å²) in [6, 6.07) is 2.74. The highest BCUT2D eigenvalue weighted by molar-refractivity contribution is 7.21. The molecule has 0 aliphatic rings. The highest BCUT2D eigenvalue weighted by atomic mass is 35.5. The molecule has 1 amide bonds. The SMILES string of the molecule is O=C(N[C@@H](CCO)C(=O)O)c1sc2cc(F)ccc2c1Cl. The third-order valence-electron chi connectivity index (χ3n) is 2.82. The van der Waals surface area contributed by atoms with E-state index in [9.17, 15) is 14.0 Å². The molecule has 0 spiro atoms. The second-order valence-electron chi connectivity index (χ2n) is 4.26. The Morgan fingerprint density at radius 1 is 1.43 bits per heavy atom. The summed E-state index contributed by atoms with van der Waals surface area (Å²) in [6.45, 7) is -0.372. The van der Waals surface area contributed by atoms with Gasteiger partial charge in [-0.15, -0.1) is 11.3 Å². The van der Waals surface area contributed by atoms with Gasteiger partial charge >= 0.3 is 5.97 Å². The summed E-state index contributed by atoms with van der Waals surface area (Å²) < 4.78 is 13.7. The second-order valence-corrected chi connectivity index (χ2v) is 5.69. The van der Waals surface area contributed by atoms with E-state index in [1.807, 2.05) is 0 Å². The molecule has 5 nitrogen and oxygen atoms in total. The first-order chi connectivity index (χ1) is 9.93. The van der Waals surface area contributed by atoms with Crippen LogP contribution in [0.2, 0.25) is 5.02 Å². The first-order valence-corrected chi connectivity index (χ1v) is 7.15. The predicted molar refractivity (Wildman–Crippen MR) is 77.4 cm³/mol. The van der Waals surface area contributed by atoms with Crippen molar-refractivity contribution >= 4 is 44.9 Å². The van der Waals surface area contributed by atoms with Crippen LogP contribution in [0.1, 0.15) is 16.1 Å². The molecule has 2 aromatic rings. The number of hydrogen-bond acceptors (Lipinski definition) is 4. The molecule has 1 aromatic carbocycles. The zero-order valence-electron chi connectivity index (χ0n) is 10.6. The van der Waals surface area contributed by atoms with Crippen LogP contribution in [0.15, 0.2) is 18.2 Å². The minimum atomic E-state index is -1.25. The lowest BCUT2D eigenvalue weighted by molar-refractivity contribution is -0.139. The van der Waals surface area contributed by atoms with Gasteiger partial charge in [-0.3, -0.25) is 4.79 Å². The van der Waals surface area contributed by atoms with Gasteiger partial charge in [0.15, 0.2) is 0 Å². The maximum absolute atomic E-state index is 13.2. The van der Waals surface area contributed by atoms with Crippen molar-refractivity contribution < 1.29 is 24.2 Å². The predicted octanol–water partition coefficient (Wildman–Crippen LogP) is 2.26. The van der Waals surface area contributed by atoms with E-state index in [1.165, 1.54) is 18.2 Å². The number of carbonyl (C=O) groups excluding carboxylic acids is 1. The maximum Gasteiger partial charge on any atom is 0.326 e. The molecular formula is C13H11ClFNO4S. The number of thiophene rings is 1. The largest absolute Gasteiger partial charge is 0.480 e. The number of aliphatic hydroxyl groups is 1. The van der Waals surface area contributed by atoms with E-state index in [2.05, 4.69) is 5.32 Å². The lowest BCUT2D eigenvalue weighted by Crippen LogP contribution is -2.41. The van der Waals surface area contributed by atoms with E-state index in [-0.39, 0.29) is 22.9 Å². The van der Waals surface area contributed by atoms with Crippen molar-refractivity contribution in [3.05, 3.63) is 33.9 Å². The molecule has 1 heterocycles. The highest BCUT2D eigenvalue weighted by Gasteiger charge is 2.23. The summed E-state index contributed by atoms with van der Waals surface area (Å²) >= 11 is 7.05. The number of carboxylic acids is 1. The van der Waals surface area contributed by atoms with Crippen molar-refractivity contribution in [3.8, 4) is 0 Å². The number of nitrogens with one attached hydrogen (secondary N) is 1. The average Bonchev–Trinajstić information content (AvgIpc) is 2.74. The molecule has 3 N–H and O–H groups in total.